The third kappa shape index (κ3) is 1.86. The van der Waals surface area contributed by atoms with Crippen LogP contribution in [-0.4, -0.2) is 24.5 Å². The molecule has 1 amide bonds. The summed E-state index contributed by atoms with van der Waals surface area (Å²) in [5.74, 6) is 1.14. The molecule has 1 aliphatic rings. The maximum atomic E-state index is 11.1. The molecule has 1 unspecified atom stereocenters. The number of ether oxygens (including phenoxy) is 1. The van der Waals surface area contributed by atoms with Gasteiger partial charge >= 0.3 is 0 Å². The molecule has 15 heavy (non-hydrogen) atoms. The predicted molar refractivity (Wildman–Crippen MR) is 55.6 cm³/mol. The second-order valence-corrected chi connectivity index (χ2v) is 3.54. The normalized spacial score (nSPS) is 20.1. The van der Waals surface area contributed by atoms with Crippen LogP contribution in [0.3, 0.4) is 0 Å². The molecule has 0 aromatic carbocycles. The highest BCUT2D eigenvalue weighted by Gasteiger charge is 2.26. The molecular formula is C10H13N3O2. The number of anilines is 1. The van der Waals surface area contributed by atoms with Crippen LogP contribution in [0.2, 0.25) is 0 Å². The van der Waals surface area contributed by atoms with Crippen molar-refractivity contribution in [3.8, 4) is 5.88 Å². The Morgan fingerprint density at radius 3 is 3.00 bits per heavy atom. The predicted octanol–water partition coefficient (Wildman–Crippen LogP) is 0.276. The zero-order chi connectivity index (χ0) is 10.8. The van der Waals surface area contributed by atoms with Gasteiger partial charge in [-0.3, -0.25) is 4.79 Å². The van der Waals surface area contributed by atoms with E-state index in [1.165, 1.54) is 0 Å². The van der Waals surface area contributed by atoms with Crippen LogP contribution in [0.15, 0.2) is 12.1 Å². The zero-order valence-corrected chi connectivity index (χ0v) is 8.49. The van der Waals surface area contributed by atoms with Crippen molar-refractivity contribution >= 4 is 11.7 Å². The SMILES string of the molecule is COc1nc(N)ccc1C1CNC(=O)C1. The maximum Gasteiger partial charge on any atom is 0.220 e. The van der Waals surface area contributed by atoms with E-state index in [1.807, 2.05) is 6.07 Å². The van der Waals surface area contributed by atoms with Crippen LogP contribution >= 0.6 is 0 Å². The molecule has 1 saturated heterocycles. The summed E-state index contributed by atoms with van der Waals surface area (Å²) in [6.07, 6.45) is 0.488. The summed E-state index contributed by atoms with van der Waals surface area (Å²) in [6.45, 7) is 0.640. The first-order valence-electron chi connectivity index (χ1n) is 4.78. The van der Waals surface area contributed by atoms with Crippen LogP contribution in [-0.2, 0) is 4.79 Å². The van der Waals surface area contributed by atoms with Gasteiger partial charge in [-0.05, 0) is 12.1 Å². The number of amides is 1. The molecule has 3 N–H and O–H groups in total. The van der Waals surface area contributed by atoms with Crippen molar-refractivity contribution in [1.29, 1.82) is 0 Å². The Bertz CT molecular complexity index is 392. The number of hydrogen-bond donors (Lipinski definition) is 2. The lowest BCUT2D eigenvalue weighted by Gasteiger charge is -2.12. The molecule has 0 saturated carbocycles. The summed E-state index contributed by atoms with van der Waals surface area (Å²) in [6, 6.07) is 3.59. The minimum atomic E-state index is 0.0684. The molecular weight excluding hydrogens is 194 g/mol. The van der Waals surface area contributed by atoms with E-state index in [-0.39, 0.29) is 11.8 Å². The molecule has 2 rings (SSSR count). The summed E-state index contributed by atoms with van der Waals surface area (Å²) >= 11 is 0. The number of nitrogens with one attached hydrogen (secondary N) is 1. The van der Waals surface area contributed by atoms with Crippen molar-refractivity contribution in [2.24, 2.45) is 0 Å². The topological polar surface area (TPSA) is 77.2 Å². The number of carbonyl (C=O) groups excluding carboxylic acids is 1. The van der Waals surface area contributed by atoms with Crippen molar-refractivity contribution in [2.75, 3.05) is 19.4 Å². The minimum Gasteiger partial charge on any atom is -0.481 e. The van der Waals surface area contributed by atoms with E-state index in [9.17, 15) is 4.79 Å². The highest BCUT2D eigenvalue weighted by atomic mass is 16.5. The fourth-order valence-corrected chi connectivity index (χ4v) is 1.76. The Hall–Kier alpha value is -1.78. The second-order valence-electron chi connectivity index (χ2n) is 3.54. The fourth-order valence-electron chi connectivity index (χ4n) is 1.76. The third-order valence-corrected chi connectivity index (χ3v) is 2.52. The lowest BCUT2D eigenvalue weighted by molar-refractivity contribution is -0.119. The first kappa shape index (κ1) is 9.76. The Balaban J connectivity index is 2.31. The lowest BCUT2D eigenvalue weighted by Crippen LogP contribution is -2.13. The van der Waals surface area contributed by atoms with Gasteiger partial charge in [0.2, 0.25) is 11.8 Å². The van der Waals surface area contributed by atoms with Crippen molar-refractivity contribution in [3.05, 3.63) is 17.7 Å². The van der Waals surface area contributed by atoms with Gasteiger partial charge in [-0.25, -0.2) is 0 Å². The molecule has 2 heterocycles. The minimum absolute atomic E-state index is 0.0684. The molecule has 1 aromatic rings. The average molecular weight is 207 g/mol. The van der Waals surface area contributed by atoms with Gasteiger partial charge < -0.3 is 15.8 Å². The van der Waals surface area contributed by atoms with Crippen LogP contribution in [0.5, 0.6) is 5.88 Å². The van der Waals surface area contributed by atoms with Gasteiger partial charge in [-0.1, -0.05) is 0 Å². The summed E-state index contributed by atoms with van der Waals surface area (Å²) in [4.78, 5) is 15.2. The number of pyridine rings is 1. The lowest BCUT2D eigenvalue weighted by atomic mass is 9.99. The van der Waals surface area contributed by atoms with E-state index >= 15 is 0 Å². The summed E-state index contributed by atoms with van der Waals surface area (Å²) in [5, 5.41) is 2.78. The summed E-state index contributed by atoms with van der Waals surface area (Å²) in [5.41, 5.74) is 6.49. The molecule has 0 spiro atoms. The quantitative estimate of drug-likeness (QED) is 0.730. The number of aromatic nitrogens is 1. The monoisotopic (exact) mass is 207 g/mol. The van der Waals surface area contributed by atoms with Gasteiger partial charge in [0, 0.05) is 24.4 Å². The van der Waals surface area contributed by atoms with Crippen LogP contribution in [0, 0.1) is 0 Å². The number of methoxy groups -OCH3 is 1. The molecule has 1 aliphatic heterocycles. The van der Waals surface area contributed by atoms with Gasteiger partial charge in [0.15, 0.2) is 0 Å². The van der Waals surface area contributed by atoms with Crippen molar-refractivity contribution < 1.29 is 9.53 Å². The maximum absolute atomic E-state index is 11.1. The number of rotatable bonds is 2. The standard InChI is InChI=1S/C10H13N3O2/c1-15-10-7(2-3-8(11)13-10)6-4-9(14)12-5-6/h2-3,6H,4-5H2,1H3,(H2,11,13)(H,12,14). The van der Waals surface area contributed by atoms with E-state index < -0.39 is 0 Å². The van der Waals surface area contributed by atoms with Crippen molar-refractivity contribution in [3.63, 3.8) is 0 Å². The van der Waals surface area contributed by atoms with Gasteiger partial charge in [0.25, 0.3) is 0 Å². The third-order valence-electron chi connectivity index (χ3n) is 2.52. The Labute approximate surface area is 87.6 Å². The molecule has 80 valence electrons. The van der Waals surface area contributed by atoms with Gasteiger partial charge in [-0.15, -0.1) is 0 Å². The van der Waals surface area contributed by atoms with Crippen molar-refractivity contribution in [1.82, 2.24) is 10.3 Å². The average Bonchev–Trinajstić information content (AvgIpc) is 2.64. The van der Waals surface area contributed by atoms with Crippen molar-refractivity contribution in [2.45, 2.75) is 12.3 Å². The van der Waals surface area contributed by atoms with Crippen LogP contribution < -0.4 is 15.8 Å². The van der Waals surface area contributed by atoms with Gasteiger partial charge in [0.05, 0.1) is 7.11 Å². The molecule has 1 atom stereocenters. The number of nitrogens with two attached hydrogens (primary N) is 1. The van der Waals surface area contributed by atoms with Gasteiger partial charge in [0.1, 0.15) is 5.82 Å². The van der Waals surface area contributed by atoms with E-state index in [4.69, 9.17) is 10.5 Å². The first-order valence-corrected chi connectivity index (χ1v) is 4.78. The number of carbonyl (C=O) groups is 1. The highest BCUT2D eigenvalue weighted by Crippen LogP contribution is 2.30. The Kier molecular flexibility index (Phi) is 2.45. The van der Waals surface area contributed by atoms with Crippen LogP contribution in [0.25, 0.3) is 0 Å². The Morgan fingerprint density at radius 2 is 2.40 bits per heavy atom. The largest absolute Gasteiger partial charge is 0.481 e. The highest BCUT2D eigenvalue weighted by molar-refractivity contribution is 5.79. The number of nitrogen functional groups attached to an aromatic ring is 1. The Morgan fingerprint density at radius 1 is 1.60 bits per heavy atom. The van der Waals surface area contributed by atoms with E-state index in [1.54, 1.807) is 13.2 Å². The molecule has 1 fully saturated rings. The van der Waals surface area contributed by atoms with E-state index in [0.29, 0.717) is 24.7 Å². The summed E-state index contributed by atoms with van der Waals surface area (Å²) < 4.78 is 5.14. The molecule has 0 radical (unpaired) electrons. The molecule has 5 nitrogen and oxygen atoms in total. The van der Waals surface area contributed by atoms with Crippen LogP contribution in [0.1, 0.15) is 17.9 Å². The second kappa shape index (κ2) is 3.76. The number of nitrogens with zero attached hydrogens (tertiary/aromatic N) is 1. The van der Waals surface area contributed by atoms with E-state index in [2.05, 4.69) is 10.3 Å². The van der Waals surface area contributed by atoms with Crippen LogP contribution in [0.4, 0.5) is 5.82 Å². The first-order chi connectivity index (χ1) is 7.20. The number of hydrogen-bond acceptors (Lipinski definition) is 4. The molecule has 0 bridgehead atoms. The summed E-state index contributed by atoms with van der Waals surface area (Å²) in [7, 11) is 1.55. The zero-order valence-electron chi connectivity index (χ0n) is 8.49. The molecule has 5 heteroatoms. The molecule has 1 aromatic heterocycles. The smallest absolute Gasteiger partial charge is 0.220 e. The molecule has 0 aliphatic carbocycles. The fraction of sp³-hybridized carbons (Fsp3) is 0.400. The van der Waals surface area contributed by atoms with E-state index in [0.717, 1.165) is 5.56 Å². The van der Waals surface area contributed by atoms with Gasteiger partial charge in [-0.2, -0.15) is 4.98 Å².